The van der Waals surface area contributed by atoms with E-state index in [9.17, 15) is 0 Å². The van der Waals surface area contributed by atoms with Gasteiger partial charge in [0.05, 0.1) is 6.20 Å². The molecule has 0 saturated heterocycles. The monoisotopic (exact) mass is 153 g/mol. The van der Waals surface area contributed by atoms with Gasteiger partial charge in [0.25, 0.3) is 0 Å². The summed E-state index contributed by atoms with van der Waals surface area (Å²) in [6, 6.07) is 1.75. The smallest absolute Gasteiger partial charge is 0.187 e. The van der Waals surface area contributed by atoms with Gasteiger partial charge in [-0.1, -0.05) is 9.64 Å². The van der Waals surface area contributed by atoms with Crippen LogP contribution < -0.4 is 0 Å². The molecular formula is C5H3N3OS. The fourth-order valence-corrected chi connectivity index (χ4v) is 1.07. The van der Waals surface area contributed by atoms with Crippen LogP contribution in [-0.4, -0.2) is 14.7 Å². The van der Waals surface area contributed by atoms with Crippen LogP contribution in [0.1, 0.15) is 0 Å². The van der Waals surface area contributed by atoms with E-state index in [-0.39, 0.29) is 0 Å². The lowest BCUT2D eigenvalue weighted by atomic mass is 10.4. The first kappa shape index (κ1) is 5.55. The van der Waals surface area contributed by atoms with Gasteiger partial charge in [0.1, 0.15) is 5.69 Å². The SMILES string of the molecule is c1cc(-c2csnn2)on1. The zero-order chi connectivity index (χ0) is 6.81. The minimum absolute atomic E-state index is 0.661. The Morgan fingerprint density at radius 3 is 3.10 bits per heavy atom. The molecule has 5 heteroatoms. The molecule has 2 aromatic heterocycles. The molecule has 0 saturated carbocycles. The average Bonchev–Trinajstić information content (AvgIpc) is 2.59. The zero-order valence-corrected chi connectivity index (χ0v) is 5.71. The third-order valence-corrected chi connectivity index (χ3v) is 1.55. The number of hydrogen-bond donors (Lipinski definition) is 0. The predicted molar refractivity (Wildman–Crippen MR) is 35.4 cm³/mol. The molecule has 0 aliphatic carbocycles. The van der Waals surface area contributed by atoms with Gasteiger partial charge in [-0.15, -0.1) is 5.10 Å². The third kappa shape index (κ3) is 0.801. The van der Waals surface area contributed by atoms with Gasteiger partial charge in [-0.2, -0.15) is 0 Å². The summed E-state index contributed by atoms with van der Waals surface area (Å²) in [6.07, 6.45) is 1.58. The standard InChI is InChI=1S/C5H3N3OS/c1-2-6-9-5(1)4-3-10-8-7-4/h1-3H. The van der Waals surface area contributed by atoms with Crippen molar-refractivity contribution in [3.05, 3.63) is 17.6 Å². The van der Waals surface area contributed by atoms with Crippen LogP contribution in [0, 0.1) is 0 Å². The highest BCUT2D eigenvalue weighted by atomic mass is 32.1. The molecule has 2 rings (SSSR count). The van der Waals surface area contributed by atoms with Crippen LogP contribution in [0.5, 0.6) is 0 Å². The van der Waals surface area contributed by atoms with E-state index in [2.05, 4.69) is 14.7 Å². The molecule has 0 aliphatic heterocycles. The van der Waals surface area contributed by atoms with E-state index in [1.54, 1.807) is 17.6 Å². The molecule has 2 heterocycles. The lowest BCUT2D eigenvalue weighted by Gasteiger charge is -1.79. The Bertz CT molecular complexity index is 256. The van der Waals surface area contributed by atoms with Crippen molar-refractivity contribution in [2.75, 3.05) is 0 Å². The van der Waals surface area contributed by atoms with Gasteiger partial charge in [-0.25, -0.2) is 0 Å². The maximum atomic E-state index is 4.83. The normalized spacial score (nSPS) is 10.0. The number of aromatic nitrogens is 3. The van der Waals surface area contributed by atoms with E-state index in [0.717, 1.165) is 5.69 Å². The summed E-state index contributed by atoms with van der Waals surface area (Å²) in [4.78, 5) is 0. The summed E-state index contributed by atoms with van der Waals surface area (Å²) in [5.41, 5.74) is 0.738. The van der Waals surface area contributed by atoms with E-state index in [0.29, 0.717) is 5.76 Å². The second-order valence-corrected chi connectivity index (χ2v) is 2.28. The summed E-state index contributed by atoms with van der Waals surface area (Å²) in [7, 11) is 0. The Hall–Kier alpha value is -1.23. The molecule has 4 nitrogen and oxygen atoms in total. The highest BCUT2D eigenvalue weighted by molar-refractivity contribution is 7.03. The summed E-state index contributed by atoms with van der Waals surface area (Å²) in [5, 5.41) is 9.14. The van der Waals surface area contributed by atoms with Crippen molar-refractivity contribution >= 4 is 11.5 Å². The third-order valence-electron chi connectivity index (χ3n) is 1.05. The van der Waals surface area contributed by atoms with Crippen LogP contribution in [0.25, 0.3) is 11.5 Å². The molecule has 0 radical (unpaired) electrons. The van der Waals surface area contributed by atoms with Crippen LogP contribution in [-0.2, 0) is 0 Å². The van der Waals surface area contributed by atoms with Crippen molar-refractivity contribution in [2.45, 2.75) is 0 Å². The molecule has 0 amide bonds. The maximum Gasteiger partial charge on any atom is 0.187 e. The highest BCUT2D eigenvalue weighted by Crippen LogP contribution is 2.15. The summed E-state index contributed by atoms with van der Waals surface area (Å²) >= 11 is 1.29. The predicted octanol–water partition coefficient (Wildman–Crippen LogP) is 1.19. The van der Waals surface area contributed by atoms with Crippen molar-refractivity contribution in [2.24, 2.45) is 0 Å². The van der Waals surface area contributed by atoms with Crippen molar-refractivity contribution in [3.8, 4) is 11.5 Å². The van der Waals surface area contributed by atoms with Gasteiger partial charge in [0, 0.05) is 11.4 Å². The van der Waals surface area contributed by atoms with Crippen molar-refractivity contribution in [1.82, 2.24) is 14.7 Å². The van der Waals surface area contributed by atoms with E-state index >= 15 is 0 Å². The fraction of sp³-hybridized carbons (Fsp3) is 0. The molecule has 0 aliphatic rings. The second kappa shape index (κ2) is 2.18. The maximum absolute atomic E-state index is 4.83. The van der Waals surface area contributed by atoms with Crippen LogP contribution >= 0.6 is 11.5 Å². The zero-order valence-electron chi connectivity index (χ0n) is 4.89. The van der Waals surface area contributed by atoms with E-state index in [1.165, 1.54) is 11.5 Å². The second-order valence-electron chi connectivity index (χ2n) is 1.67. The van der Waals surface area contributed by atoms with Gasteiger partial charge in [0.2, 0.25) is 0 Å². The minimum Gasteiger partial charge on any atom is -0.355 e. The first-order chi connectivity index (χ1) is 4.97. The minimum atomic E-state index is 0.661. The van der Waals surface area contributed by atoms with Gasteiger partial charge in [-0.3, -0.25) is 0 Å². The fourth-order valence-electron chi connectivity index (χ4n) is 0.620. The molecule has 0 bridgehead atoms. The van der Waals surface area contributed by atoms with Crippen LogP contribution in [0.3, 0.4) is 0 Å². The quantitative estimate of drug-likeness (QED) is 0.617. The van der Waals surface area contributed by atoms with E-state index in [1.807, 2.05) is 0 Å². The van der Waals surface area contributed by atoms with Crippen LogP contribution in [0.2, 0.25) is 0 Å². The molecule has 0 fully saturated rings. The van der Waals surface area contributed by atoms with Crippen molar-refractivity contribution in [1.29, 1.82) is 0 Å². The average molecular weight is 153 g/mol. The topological polar surface area (TPSA) is 51.8 Å². The van der Waals surface area contributed by atoms with Gasteiger partial charge in [-0.05, 0) is 11.5 Å². The van der Waals surface area contributed by atoms with E-state index in [4.69, 9.17) is 4.52 Å². The molecular weight excluding hydrogens is 150 g/mol. The summed E-state index contributed by atoms with van der Waals surface area (Å²) in [6.45, 7) is 0. The molecule has 0 atom stereocenters. The number of nitrogens with zero attached hydrogens (tertiary/aromatic N) is 3. The van der Waals surface area contributed by atoms with Crippen molar-refractivity contribution in [3.63, 3.8) is 0 Å². The Labute approximate surface area is 60.6 Å². The number of hydrogen-bond acceptors (Lipinski definition) is 5. The molecule has 0 N–H and O–H groups in total. The summed E-state index contributed by atoms with van der Waals surface area (Å²) in [5.74, 6) is 0.661. The molecule has 0 aromatic carbocycles. The Balaban J connectivity index is 2.48. The van der Waals surface area contributed by atoms with E-state index < -0.39 is 0 Å². The van der Waals surface area contributed by atoms with Crippen molar-refractivity contribution < 1.29 is 4.52 Å². The first-order valence-electron chi connectivity index (χ1n) is 2.65. The molecule has 0 spiro atoms. The van der Waals surface area contributed by atoms with Crippen LogP contribution in [0.4, 0.5) is 0 Å². The largest absolute Gasteiger partial charge is 0.355 e. The molecule has 0 unspecified atom stereocenters. The van der Waals surface area contributed by atoms with Gasteiger partial charge >= 0.3 is 0 Å². The molecule has 2 aromatic rings. The highest BCUT2D eigenvalue weighted by Gasteiger charge is 2.02. The number of rotatable bonds is 1. The summed E-state index contributed by atoms with van der Waals surface area (Å²) < 4.78 is 8.51. The Morgan fingerprint density at radius 1 is 1.50 bits per heavy atom. The van der Waals surface area contributed by atoms with Crippen LogP contribution in [0.15, 0.2) is 22.2 Å². The molecule has 50 valence electrons. The Kier molecular flexibility index (Phi) is 1.21. The lowest BCUT2D eigenvalue weighted by Crippen LogP contribution is -1.71. The van der Waals surface area contributed by atoms with Gasteiger partial charge < -0.3 is 4.52 Å². The molecule has 10 heavy (non-hydrogen) atoms. The Morgan fingerprint density at radius 2 is 2.50 bits per heavy atom. The first-order valence-corrected chi connectivity index (χ1v) is 3.48. The van der Waals surface area contributed by atoms with Gasteiger partial charge in [0.15, 0.2) is 5.76 Å². The lowest BCUT2D eigenvalue weighted by molar-refractivity contribution is 0.431.